The zero-order valence-electron chi connectivity index (χ0n) is 9.16. The van der Waals surface area contributed by atoms with Gasteiger partial charge in [-0.05, 0) is 24.6 Å². The molecule has 6 heteroatoms. The summed E-state index contributed by atoms with van der Waals surface area (Å²) in [5, 5.41) is 13.7. The highest BCUT2D eigenvalue weighted by molar-refractivity contribution is 6.30. The van der Waals surface area contributed by atoms with E-state index in [2.05, 4.69) is 15.1 Å². The Morgan fingerprint density at radius 3 is 2.65 bits per heavy atom. The number of benzene rings is 1. The minimum atomic E-state index is -0.137. The minimum absolute atomic E-state index is 0.137. The average molecular weight is 251 g/mol. The first-order valence-electron chi connectivity index (χ1n) is 5.06. The number of nitrogens with zero attached hydrogens (tertiary/aromatic N) is 4. The smallest absolute Gasteiger partial charge is 0.280 e. The van der Waals surface area contributed by atoms with Crippen LogP contribution in [-0.4, -0.2) is 20.1 Å². The Labute approximate surface area is 103 Å². The van der Waals surface area contributed by atoms with Gasteiger partial charge in [0.05, 0.1) is 18.4 Å². The summed E-state index contributed by atoms with van der Waals surface area (Å²) >= 11 is 5.80. The molecule has 0 radical (unpaired) electrons. The van der Waals surface area contributed by atoms with Gasteiger partial charge in [-0.1, -0.05) is 28.6 Å². The molecule has 1 N–H and O–H groups in total. The highest BCUT2D eigenvalue weighted by atomic mass is 35.5. The van der Waals surface area contributed by atoms with Crippen molar-refractivity contribution in [3.63, 3.8) is 0 Å². The summed E-state index contributed by atoms with van der Waals surface area (Å²) in [5.74, 6) is 0. The van der Waals surface area contributed by atoms with Crippen molar-refractivity contribution in [1.29, 1.82) is 0 Å². The summed E-state index contributed by atoms with van der Waals surface area (Å²) in [7, 11) is 0. The fraction of sp³-hybridized carbons (Fsp3) is 0.182. The van der Waals surface area contributed by atoms with Gasteiger partial charge in [-0.15, -0.1) is 5.10 Å². The van der Waals surface area contributed by atoms with Crippen molar-refractivity contribution in [3.05, 3.63) is 52.9 Å². The fourth-order valence-electron chi connectivity index (χ4n) is 1.37. The van der Waals surface area contributed by atoms with Crippen LogP contribution in [0.4, 0.5) is 0 Å². The van der Waals surface area contributed by atoms with E-state index in [1.807, 2.05) is 19.1 Å². The van der Waals surface area contributed by atoms with Crippen molar-refractivity contribution in [2.24, 2.45) is 4.99 Å². The molecule has 1 atom stereocenters. The molecule has 5 nitrogen and oxygen atoms in total. The van der Waals surface area contributed by atoms with Gasteiger partial charge in [0.25, 0.3) is 5.62 Å². The van der Waals surface area contributed by atoms with Crippen LogP contribution in [-0.2, 0) is 0 Å². The third kappa shape index (κ3) is 2.82. The Morgan fingerprint density at radius 2 is 2.00 bits per heavy atom. The molecule has 1 aromatic carbocycles. The highest BCUT2D eigenvalue weighted by Gasteiger charge is 2.03. The molecule has 0 aliphatic rings. The molecule has 1 heterocycles. The van der Waals surface area contributed by atoms with Crippen LogP contribution in [0.1, 0.15) is 18.5 Å². The monoisotopic (exact) mass is 250 g/mol. The summed E-state index contributed by atoms with van der Waals surface area (Å²) in [6.45, 7) is 1.90. The molecular weight excluding hydrogens is 240 g/mol. The van der Waals surface area contributed by atoms with Gasteiger partial charge in [-0.25, -0.2) is 9.98 Å². The summed E-state index contributed by atoms with van der Waals surface area (Å²) in [6, 6.07) is 7.23. The second-order valence-corrected chi connectivity index (χ2v) is 3.93. The first-order valence-corrected chi connectivity index (χ1v) is 5.43. The van der Waals surface area contributed by atoms with E-state index >= 15 is 0 Å². The van der Waals surface area contributed by atoms with E-state index in [4.69, 9.17) is 11.6 Å². The Bertz CT molecular complexity index is 564. The summed E-state index contributed by atoms with van der Waals surface area (Å²) in [5.41, 5.74) is 1.15. The summed E-state index contributed by atoms with van der Waals surface area (Å²) in [4.78, 5) is 8.82. The molecule has 0 aliphatic carbocycles. The Balaban J connectivity index is 2.33. The molecule has 0 amide bonds. The topological polar surface area (TPSA) is 63.3 Å². The van der Waals surface area contributed by atoms with E-state index in [1.165, 1.54) is 12.4 Å². The number of hydrogen-bond donors (Lipinski definition) is 1. The van der Waals surface area contributed by atoms with Gasteiger partial charge in [0.15, 0.2) is 0 Å². The maximum Gasteiger partial charge on any atom is 0.280 e. The van der Waals surface area contributed by atoms with Gasteiger partial charge >= 0.3 is 0 Å². The average Bonchev–Trinajstić information content (AvgIpc) is 2.33. The second-order valence-electron chi connectivity index (χ2n) is 3.49. The lowest BCUT2D eigenvalue weighted by Gasteiger charge is -2.06. The van der Waals surface area contributed by atoms with Gasteiger partial charge < -0.3 is 5.21 Å². The summed E-state index contributed by atoms with van der Waals surface area (Å²) < 4.78 is 0. The molecule has 88 valence electrons. The Hall–Kier alpha value is -1.88. The van der Waals surface area contributed by atoms with Crippen molar-refractivity contribution < 1.29 is 5.21 Å². The van der Waals surface area contributed by atoms with Crippen LogP contribution in [0.15, 0.2) is 41.7 Å². The molecule has 1 unspecified atom stereocenters. The molecule has 1 aromatic heterocycles. The van der Waals surface area contributed by atoms with E-state index in [-0.39, 0.29) is 11.7 Å². The fourth-order valence-corrected chi connectivity index (χ4v) is 1.50. The van der Waals surface area contributed by atoms with Crippen LogP contribution in [0.25, 0.3) is 0 Å². The van der Waals surface area contributed by atoms with Gasteiger partial charge in [0.2, 0.25) is 0 Å². The number of aromatic nitrogens is 3. The van der Waals surface area contributed by atoms with E-state index in [0.717, 1.165) is 5.56 Å². The first-order chi connectivity index (χ1) is 8.16. The molecule has 2 aromatic rings. The Morgan fingerprint density at radius 1 is 1.29 bits per heavy atom. The number of rotatable bonds is 2. The number of halogens is 1. The van der Waals surface area contributed by atoms with Crippen LogP contribution in [0, 0.1) is 0 Å². The molecule has 17 heavy (non-hydrogen) atoms. The van der Waals surface area contributed by atoms with Gasteiger partial charge in [-0.2, -0.15) is 0 Å². The lowest BCUT2D eigenvalue weighted by atomic mass is 10.1. The SMILES string of the molecule is CC(N=c1nccnn1O)c1ccc(Cl)cc1. The first kappa shape index (κ1) is 11.6. The molecule has 2 rings (SSSR count). The zero-order chi connectivity index (χ0) is 12.3. The third-order valence-corrected chi connectivity index (χ3v) is 2.53. The molecule has 0 saturated heterocycles. The van der Waals surface area contributed by atoms with Crippen LogP contribution >= 0.6 is 11.6 Å². The van der Waals surface area contributed by atoms with Crippen LogP contribution < -0.4 is 5.62 Å². The van der Waals surface area contributed by atoms with E-state index in [1.54, 1.807) is 12.1 Å². The quantitative estimate of drug-likeness (QED) is 0.827. The maximum absolute atomic E-state index is 9.38. The lowest BCUT2D eigenvalue weighted by molar-refractivity contribution is 0.125. The van der Waals surface area contributed by atoms with Crippen LogP contribution in [0.2, 0.25) is 5.02 Å². The largest absolute Gasteiger partial charge is 0.409 e. The molecule has 0 aliphatic heterocycles. The lowest BCUT2D eigenvalue weighted by Crippen LogP contribution is -2.24. The number of hydrogen-bond acceptors (Lipinski definition) is 4. The predicted molar refractivity (Wildman–Crippen MR) is 62.6 cm³/mol. The standard InChI is InChI=1S/C11H11ClN4O/c1-8(9-2-4-10(12)5-3-9)15-11-13-6-7-14-16(11)17/h2-8,17H,1H3. The normalized spacial score (nSPS) is 13.6. The third-order valence-electron chi connectivity index (χ3n) is 2.27. The van der Waals surface area contributed by atoms with E-state index in [0.29, 0.717) is 9.87 Å². The molecule has 0 spiro atoms. The van der Waals surface area contributed by atoms with Gasteiger partial charge in [-0.3, -0.25) is 0 Å². The second kappa shape index (κ2) is 4.97. The zero-order valence-corrected chi connectivity index (χ0v) is 9.91. The van der Waals surface area contributed by atoms with Crippen molar-refractivity contribution >= 4 is 11.6 Å². The van der Waals surface area contributed by atoms with Gasteiger partial charge in [0.1, 0.15) is 0 Å². The van der Waals surface area contributed by atoms with E-state index in [9.17, 15) is 5.21 Å². The Kier molecular flexibility index (Phi) is 3.39. The summed E-state index contributed by atoms with van der Waals surface area (Å²) in [6.07, 6.45) is 2.85. The van der Waals surface area contributed by atoms with E-state index < -0.39 is 0 Å². The minimum Gasteiger partial charge on any atom is -0.409 e. The molecular formula is C11H11ClN4O. The van der Waals surface area contributed by atoms with Gasteiger partial charge in [0, 0.05) is 5.02 Å². The van der Waals surface area contributed by atoms with Crippen molar-refractivity contribution in [2.45, 2.75) is 13.0 Å². The van der Waals surface area contributed by atoms with Crippen LogP contribution in [0.3, 0.4) is 0 Å². The predicted octanol–water partition coefficient (Wildman–Crippen LogP) is 1.83. The molecule has 0 saturated carbocycles. The van der Waals surface area contributed by atoms with Crippen molar-refractivity contribution in [1.82, 2.24) is 14.9 Å². The molecule has 0 bridgehead atoms. The van der Waals surface area contributed by atoms with Crippen molar-refractivity contribution in [3.8, 4) is 0 Å². The molecule has 0 fully saturated rings. The maximum atomic E-state index is 9.38. The van der Waals surface area contributed by atoms with Crippen molar-refractivity contribution in [2.75, 3.05) is 0 Å². The van der Waals surface area contributed by atoms with Crippen LogP contribution in [0.5, 0.6) is 0 Å². The highest BCUT2D eigenvalue weighted by Crippen LogP contribution is 2.18.